The van der Waals surface area contributed by atoms with Crippen LogP contribution in [0.1, 0.15) is 39.5 Å². The molecule has 0 aromatic heterocycles. The van der Waals surface area contributed by atoms with E-state index in [9.17, 15) is 0 Å². The maximum atomic E-state index is 4.03. The lowest BCUT2D eigenvalue weighted by Crippen LogP contribution is -1.83. The maximum absolute atomic E-state index is 4.03. The molecular weight excluding hydrogens is 158 g/mol. The molecule has 0 N–H and O–H groups in total. The van der Waals surface area contributed by atoms with Gasteiger partial charge in [-0.1, -0.05) is 44.9 Å². The molecule has 0 aromatic carbocycles. The van der Waals surface area contributed by atoms with Crippen molar-refractivity contribution in [3.63, 3.8) is 0 Å². The second-order valence-electron chi connectivity index (χ2n) is 3.10. The van der Waals surface area contributed by atoms with Crippen molar-refractivity contribution in [3.05, 3.63) is 23.8 Å². The van der Waals surface area contributed by atoms with Gasteiger partial charge in [-0.25, -0.2) is 0 Å². The van der Waals surface area contributed by atoms with Crippen LogP contribution in [0, 0.1) is 0 Å². The third kappa shape index (κ3) is 7.51. The lowest BCUT2D eigenvalue weighted by molar-refractivity contribution is 0.937. The van der Waals surface area contributed by atoms with E-state index in [0.29, 0.717) is 0 Å². The third-order valence-electron chi connectivity index (χ3n) is 1.74. The molecule has 1 heteroatoms. The van der Waals surface area contributed by atoms with Gasteiger partial charge in [-0.3, -0.25) is 4.99 Å². The molecule has 0 aromatic rings. The Morgan fingerprint density at radius 1 is 1.23 bits per heavy atom. The minimum absolute atomic E-state index is 1.12. The molecule has 0 aliphatic heterocycles. The van der Waals surface area contributed by atoms with Crippen LogP contribution >= 0.6 is 0 Å². The molecule has 0 spiro atoms. The van der Waals surface area contributed by atoms with E-state index in [1.165, 1.54) is 24.8 Å². The highest BCUT2D eigenvalue weighted by Crippen LogP contribution is 2.02. The molecule has 0 heterocycles. The van der Waals surface area contributed by atoms with Crippen molar-refractivity contribution >= 4 is 6.21 Å². The van der Waals surface area contributed by atoms with Gasteiger partial charge in [0.05, 0.1) is 0 Å². The number of hydrogen-bond acceptors (Lipinski definition) is 1. The Morgan fingerprint density at radius 3 is 2.54 bits per heavy atom. The molecule has 0 aliphatic rings. The zero-order valence-corrected chi connectivity index (χ0v) is 9.09. The molecule has 0 atom stereocenters. The standard InChI is InChI=1S/C12H21N/c1-4-6-7-8-10-12(9-5-2)11-13-3/h7-8,10-11H,4-6,9H2,1-3H3/b8-7+,12-10-,13-11-. The van der Waals surface area contributed by atoms with Crippen molar-refractivity contribution in [2.24, 2.45) is 4.99 Å². The maximum Gasteiger partial charge on any atom is 0.0277 e. The molecule has 1 nitrogen and oxygen atoms in total. The molecule has 0 rings (SSSR count). The van der Waals surface area contributed by atoms with Crippen LogP contribution < -0.4 is 0 Å². The topological polar surface area (TPSA) is 12.4 Å². The monoisotopic (exact) mass is 179 g/mol. The van der Waals surface area contributed by atoms with Crippen LogP contribution in [0.2, 0.25) is 0 Å². The summed E-state index contributed by atoms with van der Waals surface area (Å²) in [6, 6.07) is 0. The summed E-state index contributed by atoms with van der Waals surface area (Å²) in [6.45, 7) is 4.38. The van der Waals surface area contributed by atoms with Crippen molar-refractivity contribution < 1.29 is 0 Å². The Morgan fingerprint density at radius 2 is 2.00 bits per heavy atom. The van der Waals surface area contributed by atoms with Gasteiger partial charge in [-0.2, -0.15) is 0 Å². The SMILES string of the molecule is CCC/C=C/C=C(\C=N/C)CCC. The summed E-state index contributed by atoms with van der Waals surface area (Å²) in [5, 5.41) is 0. The Bertz CT molecular complexity index is 187. The van der Waals surface area contributed by atoms with Crippen LogP contribution in [0.25, 0.3) is 0 Å². The highest BCUT2D eigenvalue weighted by atomic mass is 14.6. The zero-order chi connectivity index (χ0) is 9.94. The molecule has 0 amide bonds. The van der Waals surface area contributed by atoms with E-state index in [4.69, 9.17) is 0 Å². The Kier molecular flexibility index (Phi) is 8.64. The first-order chi connectivity index (χ1) is 6.35. The van der Waals surface area contributed by atoms with Crippen molar-refractivity contribution in [2.45, 2.75) is 39.5 Å². The summed E-state index contributed by atoms with van der Waals surface area (Å²) in [5.74, 6) is 0. The second kappa shape index (κ2) is 9.24. The van der Waals surface area contributed by atoms with E-state index in [2.05, 4.69) is 37.1 Å². The molecule has 74 valence electrons. The van der Waals surface area contributed by atoms with Gasteiger partial charge in [0, 0.05) is 13.3 Å². The number of aliphatic imine (C=N–C) groups is 1. The highest BCUT2D eigenvalue weighted by molar-refractivity contribution is 5.78. The Balaban J connectivity index is 4.02. The van der Waals surface area contributed by atoms with Gasteiger partial charge >= 0.3 is 0 Å². The van der Waals surface area contributed by atoms with E-state index < -0.39 is 0 Å². The number of nitrogens with zero attached hydrogens (tertiary/aromatic N) is 1. The fourth-order valence-electron chi connectivity index (χ4n) is 1.10. The lowest BCUT2D eigenvalue weighted by Gasteiger charge is -1.95. The third-order valence-corrected chi connectivity index (χ3v) is 1.74. The van der Waals surface area contributed by atoms with E-state index in [0.717, 1.165) is 6.42 Å². The molecule has 0 fully saturated rings. The number of hydrogen-bond donors (Lipinski definition) is 0. The van der Waals surface area contributed by atoms with Gasteiger partial charge in [0.2, 0.25) is 0 Å². The summed E-state index contributed by atoms with van der Waals surface area (Å²) < 4.78 is 0. The minimum Gasteiger partial charge on any atom is -0.296 e. The normalized spacial score (nSPS) is 13.3. The average Bonchev–Trinajstić information content (AvgIpc) is 2.13. The van der Waals surface area contributed by atoms with E-state index in [1.807, 2.05) is 13.3 Å². The first-order valence-corrected chi connectivity index (χ1v) is 5.13. The van der Waals surface area contributed by atoms with Crippen molar-refractivity contribution in [1.82, 2.24) is 0 Å². The van der Waals surface area contributed by atoms with Crippen LogP contribution in [-0.4, -0.2) is 13.3 Å². The predicted molar refractivity (Wildman–Crippen MR) is 61.5 cm³/mol. The van der Waals surface area contributed by atoms with Gasteiger partial charge < -0.3 is 0 Å². The second-order valence-corrected chi connectivity index (χ2v) is 3.10. The molecule has 0 radical (unpaired) electrons. The molecule has 0 unspecified atom stereocenters. The molecule has 0 aliphatic carbocycles. The summed E-state index contributed by atoms with van der Waals surface area (Å²) >= 11 is 0. The fourth-order valence-corrected chi connectivity index (χ4v) is 1.10. The molecule has 0 saturated carbocycles. The van der Waals surface area contributed by atoms with Crippen molar-refractivity contribution in [2.75, 3.05) is 7.05 Å². The van der Waals surface area contributed by atoms with Crippen molar-refractivity contribution in [1.29, 1.82) is 0 Å². The number of unbranched alkanes of at least 4 members (excludes halogenated alkanes) is 1. The molecule has 0 bridgehead atoms. The quantitative estimate of drug-likeness (QED) is 0.435. The van der Waals surface area contributed by atoms with Gasteiger partial charge in [0.25, 0.3) is 0 Å². The van der Waals surface area contributed by atoms with Crippen LogP contribution in [0.5, 0.6) is 0 Å². The zero-order valence-electron chi connectivity index (χ0n) is 9.09. The number of allylic oxidation sites excluding steroid dienone is 4. The van der Waals surface area contributed by atoms with Crippen molar-refractivity contribution in [3.8, 4) is 0 Å². The van der Waals surface area contributed by atoms with Crippen LogP contribution in [0.4, 0.5) is 0 Å². The summed E-state index contributed by atoms with van der Waals surface area (Å²) in [6.07, 6.45) is 13.1. The largest absolute Gasteiger partial charge is 0.296 e. The summed E-state index contributed by atoms with van der Waals surface area (Å²) in [7, 11) is 1.82. The van der Waals surface area contributed by atoms with Crippen LogP contribution in [0.15, 0.2) is 28.8 Å². The smallest absolute Gasteiger partial charge is 0.0277 e. The van der Waals surface area contributed by atoms with Crippen LogP contribution in [-0.2, 0) is 0 Å². The fraction of sp³-hybridized carbons (Fsp3) is 0.583. The Hall–Kier alpha value is -0.850. The molecular formula is C12H21N. The van der Waals surface area contributed by atoms with Gasteiger partial charge in [0.15, 0.2) is 0 Å². The number of rotatable bonds is 6. The average molecular weight is 179 g/mol. The van der Waals surface area contributed by atoms with Gasteiger partial charge in [-0.05, 0) is 18.4 Å². The minimum atomic E-state index is 1.12. The first-order valence-electron chi connectivity index (χ1n) is 5.13. The lowest BCUT2D eigenvalue weighted by atomic mass is 10.1. The molecule has 13 heavy (non-hydrogen) atoms. The summed E-state index contributed by atoms with van der Waals surface area (Å²) in [5.41, 5.74) is 1.32. The van der Waals surface area contributed by atoms with Crippen LogP contribution in [0.3, 0.4) is 0 Å². The van der Waals surface area contributed by atoms with Gasteiger partial charge in [0.1, 0.15) is 0 Å². The van der Waals surface area contributed by atoms with E-state index >= 15 is 0 Å². The van der Waals surface area contributed by atoms with E-state index in [1.54, 1.807) is 0 Å². The molecule has 0 saturated heterocycles. The first kappa shape index (κ1) is 12.2. The van der Waals surface area contributed by atoms with E-state index in [-0.39, 0.29) is 0 Å². The predicted octanol–water partition coefficient (Wildman–Crippen LogP) is 3.77. The highest BCUT2D eigenvalue weighted by Gasteiger charge is 1.87. The Labute approximate surface area is 82.3 Å². The van der Waals surface area contributed by atoms with Gasteiger partial charge in [-0.15, -0.1) is 0 Å². The summed E-state index contributed by atoms with van der Waals surface area (Å²) in [4.78, 5) is 4.03.